The number of alkyl halides is 3. The molecule has 1 aliphatic heterocycles. The van der Waals surface area contributed by atoms with Gasteiger partial charge in [0.15, 0.2) is 0 Å². The molecular formula is C21H20F3NO3. The van der Waals surface area contributed by atoms with Gasteiger partial charge < -0.3 is 10.0 Å². The van der Waals surface area contributed by atoms with Crippen molar-refractivity contribution < 1.29 is 27.9 Å². The third-order valence-corrected chi connectivity index (χ3v) is 5.02. The molecule has 1 heterocycles. The fourth-order valence-corrected chi connectivity index (χ4v) is 3.61. The molecule has 0 spiro atoms. The summed E-state index contributed by atoms with van der Waals surface area (Å²) >= 11 is 0. The minimum atomic E-state index is -4.44. The van der Waals surface area contributed by atoms with Crippen LogP contribution in [0.4, 0.5) is 13.2 Å². The van der Waals surface area contributed by atoms with Crippen LogP contribution in [0.3, 0.4) is 0 Å². The highest BCUT2D eigenvalue weighted by atomic mass is 19.4. The van der Waals surface area contributed by atoms with E-state index in [2.05, 4.69) is 0 Å². The van der Waals surface area contributed by atoms with Crippen molar-refractivity contribution in [2.24, 2.45) is 5.92 Å². The van der Waals surface area contributed by atoms with E-state index < -0.39 is 29.5 Å². The van der Waals surface area contributed by atoms with Gasteiger partial charge in [-0.15, -0.1) is 0 Å². The molecule has 1 N–H and O–H groups in total. The molecule has 2 aromatic carbocycles. The molecule has 0 aliphatic carbocycles. The lowest BCUT2D eigenvalue weighted by Gasteiger charge is -2.34. The average molecular weight is 391 g/mol. The number of halogens is 3. The average Bonchev–Trinajstić information content (AvgIpc) is 2.65. The summed E-state index contributed by atoms with van der Waals surface area (Å²) in [6.07, 6.45) is -4.28. The first kappa shape index (κ1) is 19.9. The third-order valence-electron chi connectivity index (χ3n) is 5.02. The predicted molar refractivity (Wildman–Crippen MR) is 96.5 cm³/mol. The molecule has 0 saturated carbocycles. The van der Waals surface area contributed by atoms with Crippen molar-refractivity contribution in [3.63, 3.8) is 0 Å². The predicted octanol–water partition coefficient (Wildman–Crippen LogP) is 4.09. The summed E-state index contributed by atoms with van der Waals surface area (Å²) in [5, 5.41) is 9.52. The van der Waals surface area contributed by atoms with Crippen LogP contribution in [0.5, 0.6) is 0 Å². The first-order chi connectivity index (χ1) is 13.2. The molecule has 0 radical (unpaired) electrons. The van der Waals surface area contributed by atoms with Gasteiger partial charge in [0.25, 0.3) is 0 Å². The Morgan fingerprint density at radius 2 is 1.89 bits per heavy atom. The Hall–Kier alpha value is -2.83. The van der Waals surface area contributed by atoms with Gasteiger partial charge in [0, 0.05) is 19.0 Å². The third kappa shape index (κ3) is 4.18. The number of benzene rings is 2. The molecule has 2 atom stereocenters. The topological polar surface area (TPSA) is 57.6 Å². The van der Waals surface area contributed by atoms with Crippen molar-refractivity contribution in [1.29, 1.82) is 0 Å². The van der Waals surface area contributed by atoms with E-state index >= 15 is 0 Å². The van der Waals surface area contributed by atoms with E-state index in [1.54, 1.807) is 37.3 Å². The highest BCUT2D eigenvalue weighted by molar-refractivity contribution is 5.82. The van der Waals surface area contributed by atoms with Crippen LogP contribution in [0.2, 0.25) is 0 Å². The summed E-state index contributed by atoms with van der Waals surface area (Å²) < 4.78 is 38.7. The molecule has 0 aromatic heterocycles. The Labute approximate surface area is 160 Å². The van der Waals surface area contributed by atoms with Crippen molar-refractivity contribution >= 4 is 11.9 Å². The normalized spacial score (nSPS) is 17.7. The van der Waals surface area contributed by atoms with Crippen LogP contribution in [0, 0.1) is 5.92 Å². The maximum Gasteiger partial charge on any atom is 0.416 e. The summed E-state index contributed by atoms with van der Waals surface area (Å²) in [4.78, 5) is 26.0. The van der Waals surface area contributed by atoms with Crippen molar-refractivity contribution in [2.75, 3.05) is 6.54 Å². The minimum absolute atomic E-state index is 0.0537. The first-order valence-electron chi connectivity index (χ1n) is 8.92. The van der Waals surface area contributed by atoms with Gasteiger partial charge in [0.2, 0.25) is 5.91 Å². The molecule has 7 heteroatoms. The lowest BCUT2D eigenvalue weighted by molar-refractivity contribution is -0.142. The molecule has 0 bridgehead atoms. The van der Waals surface area contributed by atoms with E-state index in [-0.39, 0.29) is 18.9 Å². The van der Waals surface area contributed by atoms with E-state index in [4.69, 9.17) is 0 Å². The summed E-state index contributed by atoms with van der Waals surface area (Å²) in [5.41, 5.74) is 1.15. The zero-order valence-corrected chi connectivity index (χ0v) is 15.2. The van der Waals surface area contributed by atoms with Crippen LogP contribution in [0.1, 0.15) is 35.1 Å². The summed E-state index contributed by atoms with van der Waals surface area (Å²) in [7, 11) is 0. The van der Waals surface area contributed by atoms with Crippen LogP contribution >= 0.6 is 0 Å². The van der Waals surface area contributed by atoms with Crippen LogP contribution in [-0.2, 0) is 28.7 Å². The van der Waals surface area contributed by atoms with E-state index in [1.165, 1.54) is 11.0 Å². The highest BCUT2D eigenvalue weighted by Gasteiger charge is 2.34. The van der Waals surface area contributed by atoms with E-state index in [1.807, 2.05) is 0 Å². The molecule has 28 heavy (non-hydrogen) atoms. The molecular weight excluding hydrogens is 371 g/mol. The van der Waals surface area contributed by atoms with E-state index in [0.717, 1.165) is 17.7 Å². The molecule has 148 valence electrons. The van der Waals surface area contributed by atoms with Gasteiger partial charge in [-0.1, -0.05) is 49.4 Å². The molecule has 0 fully saturated rings. The Morgan fingerprint density at radius 1 is 1.18 bits per heavy atom. The largest absolute Gasteiger partial charge is 0.481 e. The summed E-state index contributed by atoms with van der Waals surface area (Å²) in [5.74, 6) is -2.65. The lowest BCUT2D eigenvalue weighted by atomic mass is 9.88. The quantitative estimate of drug-likeness (QED) is 0.854. The Bertz CT molecular complexity index is 894. The maximum atomic E-state index is 12.9. The van der Waals surface area contributed by atoms with Crippen LogP contribution in [-0.4, -0.2) is 28.4 Å². The SMILES string of the molecule is CC(Cc1cccc(C(F)(F)F)c1)C(=O)N1Cc2ccccc2C(C(=O)O)C1. The fraction of sp³-hybridized carbons (Fsp3) is 0.333. The number of fused-ring (bicyclic) bond motifs is 1. The van der Waals surface area contributed by atoms with Gasteiger partial charge in [0.1, 0.15) is 0 Å². The number of carboxylic acid groups (broad SMARTS) is 1. The number of aliphatic carboxylic acids is 1. The molecule has 1 amide bonds. The van der Waals surface area contributed by atoms with Crippen LogP contribution in [0.15, 0.2) is 48.5 Å². The first-order valence-corrected chi connectivity index (χ1v) is 8.92. The number of carboxylic acids is 1. The molecule has 1 aliphatic rings. The van der Waals surface area contributed by atoms with Crippen molar-refractivity contribution in [3.05, 3.63) is 70.8 Å². The number of amides is 1. The van der Waals surface area contributed by atoms with Gasteiger partial charge in [-0.25, -0.2) is 0 Å². The standard InChI is InChI=1S/C21H20F3NO3/c1-13(9-14-5-4-7-16(10-14)21(22,23)24)19(26)25-11-15-6-2-3-8-17(15)18(12-25)20(27)28/h2-8,10,13,18H,9,11-12H2,1H3,(H,27,28). The second-order valence-corrected chi connectivity index (χ2v) is 7.11. The Morgan fingerprint density at radius 3 is 2.57 bits per heavy atom. The summed E-state index contributed by atoms with van der Waals surface area (Å²) in [6, 6.07) is 12.0. The number of rotatable bonds is 4. The van der Waals surface area contributed by atoms with Crippen molar-refractivity contribution in [3.8, 4) is 0 Å². The number of hydrogen-bond acceptors (Lipinski definition) is 2. The smallest absolute Gasteiger partial charge is 0.416 e. The van der Waals surface area contributed by atoms with Gasteiger partial charge in [-0.05, 0) is 29.2 Å². The van der Waals surface area contributed by atoms with Crippen molar-refractivity contribution in [1.82, 2.24) is 4.90 Å². The van der Waals surface area contributed by atoms with Crippen LogP contribution in [0.25, 0.3) is 0 Å². The zero-order valence-electron chi connectivity index (χ0n) is 15.2. The Balaban J connectivity index is 1.76. The molecule has 2 unspecified atom stereocenters. The Kier molecular flexibility index (Phi) is 5.45. The van der Waals surface area contributed by atoms with E-state index in [9.17, 15) is 27.9 Å². The number of carbonyl (C=O) groups is 2. The van der Waals surface area contributed by atoms with E-state index in [0.29, 0.717) is 17.7 Å². The van der Waals surface area contributed by atoms with Gasteiger partial charge >= 0.3 is 12.1 Å². The highest BCUT2D eigenvalue weighted by Crippen LogP contribution is 2.31. The monoisotopic (exact) mass is 391 g/mol. The van der Waals surface area contributed by atoms with Gasteiger partial charge in [-0.2, -0.15) is 13.2 Å². The molecule has 0 saturated heterocycles. The second-order valence-electron chi connectivity index (χ2n) is 7.11. The van der Waals surface area contributed by atoms with Crippen LogP contribution < -0.4 is 0 Å². The summed E-state index contributed by atoms with van der Waals surface area (Å²) in [6.45, 7) is 2.00. The van der Waals surface area contributed by atoms with Crippen molar-refractivity contribution in [2.45, 2.75) is 32.0 Å². The number of nitrogens with zero attached hydrogens (tertiary/aromatic N) is 1. The fourth-order valence-electron chi connectivity index (χ4n) is 3.61. The maximum absolute atomic E-state index is 12.9. The lowest BCUT2D eigenvalue weighted by Crippen LogP contribution is -2.43. The van der Waals surface area contributed by atoms with Gasteiger partial charge in [-0.3, -0.25) is 9.59 Å². The second kappa shape index (κ2) is 7.66. The molecule has 4 nitrogen and oxygen atoms in total. The molecule has 2 aromatic rings. The number of hydrogen-bond donors (Lipinski definition) is 1. The number of carbonyl (C=O) groups excluding carboxylic acids is 1. The molecule has 3 rings (SSSR count). The van der Waals surface area contributed by atoms with Gasteiger partial charge in [0.05, 0.1) is 11.5 Å². The minimum Gasteiger partial charge on any atom is -0.481 e. The zero-order chi connectivity index (χ0) is 20.5.